The quantitative estimate of drug-likeness (QED) is 0.896. The van der Waals surface area contributed by atoms with Crippen LogP contribution in [-0.2, 0) is 5.41 Å². The number of carbonyl (C=O) groups is 1. The van der Waals surface area contributed by atoms with Gasteiger partial charge in [0.05, 0.1) is 0 Å². The molecule has 1 N–H and O–H groups in total. The number of rotatable bonds is 2. The van der Waals surface area contributed by atoms with E-state index in [-0.39, 0.29) is 11.3 Å². The Balaban J connectivity index is 2.16. The van der Waals surface area contributed by atoms with Crippen molar-refractivity contribution in [1.82, 2.24) is 5.16 Å². The molecule has 0 aliphatic carbocycles. The van der Waals surface area contributed by atoms with Crippen LogP contribution in [0.15, 0.2) is 34.9 Å². The third-order valence-corrected chi connectivity index (χ3v) is 2.88. The van der Waals surface area contributed by atoms with Gasteiger partial charge in [0.15, 0.2) is 5.82 Å². The molecular formula is C15H18N2O2. The fourth-order valence-corrected chi connectivity index (χ4v) is 1.70. The lowest BCUT2D eigenvalue weighted by Crippen LogP contribution is -2.13. The van der Waals surface area contributed by atoms with Gasteiger partial charge in [0.1, 0.15) is 5.76 Å². The van der Waals surface area contributed by atoms with Crippen LogP contribution in [0.4, 0.5) is 5.82 Å². The van der Waals surface area contributed by atoms with Crippen molar-refractivity contribution < 1.29 is 9.32 Å². The molecule has 0 saturated heterocycles. The predicted octanol–water partition coefficient (Wildman–Crippen LogP) is 3.53. The van der Waals surface area contributed by atoms with E-state index >= 15 is 0 Å². The van der Waals surface area contributed by atoms with Gasteiger partial charge in [0, 0.05) is 17.0 Å². The Bertz CT molecular complexity index is 594. The van der Waals surface area contributed by atoms with Crippen LogP contribution < -0.4 is 5.32 Å². The average molecular weight is 258 g/mol. The third-order valence-electron chi connectivity index (χ3n) is 2.88. The highest BCUT2D eigenvalue weighted by atomic mass is 16.5. The number of nitrogens with zero attached hydrogens (tertiary/aromatic N) is 1. The smallest absolute Gasteiger partial charge is 0.257 e. The summed E-state index contributed by atoms with van der Waals surface area (Å²) in [5.74, 6) is 1.01. The van der Waals surface area contributed by atoms with Crippen LogP contribution in [-0.4, -0.2) is 11.1 Å². The molecule has 2 aromatic rings. The molecular weight excluding hydrogens is 240 g/mol. The van der Waals surface area contributed by atoms with E-state index in [1.807, 2.05) is 45.9 Å². The molecule has 1 aromatic heterocycles. The summed E-state index contributed by atoms with van der Waals surface area (Å²) < 4.78 is 5.23. The SMILES string of the molecule is Cc1ccccc1C(=O)Nc1cc(C(C)(C)C)on1. The highest BCUT2D eigenvalue weighted by Gasteiger charge is 2.20. The maximum atomic E-state index is 12.1. The second kappa shape index (κ2) is 4.88. The lowest BCUT2D eigenvalue weighted by molar-refractivity contribution is 0.102. The monoisotopic (exact) mass is 258 g/mol. The van der Waals surface area contributed by atoms with Crippen LogP contribution in [0.3, 0.4) is 0 Å². The first-order chi connectivity index (χ1) is 8.88. The zero-order valence-corrected chi connectivity index (χ0v) is 11.7. The van der Waals surface area contributed by atoms with Crippen LogP contribution in [0.5, 0.6) is 0 Å². The normalized spacial score (nSPS) is 11.4. The van der Waals surface area contributed by atoms with Crippen LogP contribution in [0.2, 0.25) is 0 Å². The van der Waals surface area contributed by atoms with Gasteiger partial charge in [-0.1, -0.05) is 44.1 Å². The molecule has 100 valence electrons. The van der Waals surface area contributed by atoms with Gasteiger partial charge < -0.3 is 9.84 Å². The van der Waals surface area contributed by atoms with Crippen molar-refractivity contribution in [2.45, 2.75) is 33.1 Å². The van der Waals surface area contributed by atoms with E-state index < -0.39 is 0 Å². The van der Waals surface area contributed by atoms with Crippen molar-refractivity contribution in [2.75, 3.05) is 5.32 Å². The molecule has 1 amide bonds. The second-order valence-corrected chi connectivity index (χ2v) is 5.60. The molecule has 0 atom stereocenters. The summed E-state index contributed by atoms with van der Waals surface area (Å²) in [4.78, 5) is 12.1. The van der Waals surface area contributed by atoms with Crippen molar-refractivity contribution in [3.05, 3.63) is 47.2 Å². The Morgan fingerprint density at radius 3 is 2.53 bits per heavy atom. The molecule has 0 bridgehead atoms. The largest absolute Gasteiger partial charge is 0.359 e. The molecule has 0 radical (unpaired) electrons. The number of nitrogens with one attached hydrogen (secondary N) is 1. The van der Waals surface area contributed by atoms with Crippen LogP contribution in [0, 0.1) is 6.92 Å². The summed E-state index contributed by atoms with van der Waals surface area (Å²) in [6.07, 6.45) is 0. The lowest BCUT2D eigenvalue weighted by atomic mass is 9.93. The minimum atomic E-state index is -0.174. The summed E-state index contributed by atoms with van der Waals surface area (Å²) >= 11 is 0. The molecule has 0 aliphatic rings. The van der Waals surface area contributed by atoms with E-state index in [0.717, 1.165) is 11.3 Å². The number of aryl methyl sites for hydroxylation is 1. The lowest BCUT2D eigenvalue weighted by Gasteiger charge is -2.12. The van der Waals surface area contributed by atoms with E-state index in [1.54, 1.807) is 12.1 Å². The molecule has 0 aliphatic heterocycles. The Morgan fingerprint density at radius 2 is 1.95 bits per heavy atom. The number of anilines is 1. The van der Waals surface area contributed by atoms with E-state index in [2.05, 4.69) is 10.5 Å². The Hall–Kier alpha value is -2.10. The number of hydrogen-bond donors (Lipinski definition) is 1. The van der Waals surface area contributed by atoms with Crippen LogP contribution in [0.25, 0.3) is 0 Å². The zero-order valence-electron chi connectivity index (χ0n) is 11.7. The number of aromatic nitrogens is 1. The molecule has 1 aromatic carbocycles. The van der Waals surface area contributed by atoms with Gasteiger partial charge in [-0.3, -0.25) is 4.79 Å². The molecule has 0 fully saturated rings. The summed E-state index contributed by atoms with van der Waals surface area (Å²) in [6, 6.07) is 9.19. The summed E-state index contributed by atoms with van der Waals surface area (Å²) in [6.45, 7) is 7.99. The van der Waals surface area contributed by atoms with Gasteiger partial charge in [-0.25, -0.2) is 0 Å². The van der Waals surface area contributed by atoms with Crippen molar-refractivity contribution in [3.8, 4) is 0 Å². The summed E-state index contributed by atoms with van der Waals surface area (Å²) in [5.41, 5.74) is 1.45. The minimum Gasteiger partial charge on any atom is -0.359 e. The van der Waals surface area contributed by atoms with E-state index in [1.165, 1.54) is 0 Å². The molecule has 2 rings (SSSR count). The van der Waals surface area contributed by atoms with Gasteiger partial charge in [-0.2, -0.15) is 0 Å². The molecule has 0 saturated carbocycles. The Morgan fingerprint density at radius 1 is 1.26 bits per heavy atom. The van der Waals surface area contributed by atoms with Crippen LogP contribution >= 0.6 is 0 Å². The van der Waals surface area contributed by atoms with Gasteiger partial charge in [0.25, 0.3) is 5.91 Å². The fourth-order valence-electron chi connectivity index (χ4n) is 1.70. The van der Waals surface area contributed by atoms with Gasteiger partial charge >= 0.3 is 0 Å². The number of benzene rings is 1. The Labute approximate surface area is 112 Å². The molecule has 1 heterocycles. The van der Waals surface area contributed by atoms with E-state index in [0.29, 0.717) is 11.4 Å². The van der Waals surface area contributed by atoms with E-state index in [4.69, 9.17) is 4.52 Å². The van der Waals surface area contributed by atoms with Gasteiger partial charge in [0.2, 0.25) is 0 Å². The first-order valence-electron chi connectivity index (χ1n) is 6.22. The first-order valence-corrected chi connectivity index (χ1v) is 6.22. The summed E-state index contributed by atoms with van der Waals surface area (Å²) in [7, 11) is 0. The van der Waals surface area contributed by atoms with E-state index in [9.17, 15) is 4.79 Å². The number of amides is 1. The average Bonchev–Trinajstić information content (AvgIpc) is 2.77. The first kappa shape index (κ1) is 13.3. The maximum Gasteiger partial charge on any atom is 0.257 e. The molecule has 4 heteroatoms. The van der Waals surface area contributed by atoms with Crippen LogP contribution in [0.1, 0.15) is 42.5 Å². The van der Waals surface area contributed by atoms with Crippen molar-refractivity contribution in [3.63, 3.8) is 0 Å². The molecule has 4 nitrogen and oxygen atoms in total. The van der Waals surface area contributed by atoms with Crippen molar-refractivity contribution in [1.29, 1.82) is 0 Å². The van der Waals surface area contributed by atoms with Crippen molar-refractivity contribution in [2.24, 2.45) is 0 Å². The second-order valence-electron chi connectivity index (χ2n) is 5.60. The molecule has 19 heavy (non-hydrogen) atoms. The maximum absolute atomic E-state index is 12.1. The minimum absolute atomic E-state index is 0.126. The van der Waals surface area contributed by atoms with Gasteiger partial charge in [-0.15, -0.1) is 0 Å². The zero-order chi connectivity index (χ0) is 14.0. The standard InChI is InChI=1S/C15H18N2O2/c1-10-7-5-6-8-11(10)14(18)16-13-9-12(19-17-13)15(2,3)4/h5-9H,1-4H3,(H,16,17,18). The molecule has 0 spiro atoms. The fraction of sp³-hybridized carbons (Fsp3) is 0.333. The highest BCUT2D eigenvalue weighted by Crippen LogP contribution is 2.24. The number of carbonyl (C=O) groups excluding carboxylic acids is 1. The number of hydrogen-bond acceptors (Lipinski definition) is 3. The molecule has 0 unspecified atom stereocenters. The van der Waals surface area contributed by atoms with Gasteiger partial charge in [-0.05, 0) is 18.6 Å². The highest BCUT2D eigenvalue weighted by molar-refractivity contribution is 6.04. The topological polar surface area (TPSA) is 55.1 Å². The Kier molecular flexibility index (Phi) is 3.42. The summed E-state index contributed by atoms with van der Waals surface area (Å²) in [5, 5.41) is 6.62. The predicted molar refractivity (Wildman–Crippen MR) is 74.3 cm³/mol. The third kappa shape index (κ3) is 3.02. The van der Waals surface area contributed by atoms with Crippen molar-refractivity contribution >= 4 is 11.7 Å².